The summed E-state index contributed by atoms with van der Waals surface area (Å²) >= 11 is 0. The van der Waals surface area contributed by atoms with Crippen LogP contribution in [0.3, 0.4) is 0 Å². The lowest BCUT2D eigenvalue weighted by atomic mass is 9.99. The Balaban J connectivity index is 0.000000363. The molecule has 3 heterocycles. The quantitative estimate of drug-likeness (QED) is 0.384. The molecule has 0 atom stereocenters. The SMILES string of the molecule is C#C.C1CCNCC1.N=C(c1cc(-c2c[nH]ccc2=O)ncc1N)c1ccccc1F. The molecular weight excluding hydrogens is 393 g/mol. The Morgan fingerprint density at radius 2 is 1.81 bits per heavy atom. The largest absolute Gasteiger partial charge is 0.397 e. The maximum atomic E-state index is 13.9. The molecule has 160 valence electrons. The molecule has 5 N–H and O–H groups in total. The number of rotatable bonds is 3. The van der Waals surface area contributed by atoms with Crippen LogP contribution >= 0.6 is 0 Å². The molecule has 4 rings (SSSR count). The van der Waals surface area contributed by atoms with Gasteiger partial charge in [0.05, 0.1) is 28.9 Å². The van der Waals surface area contributed by atoms with Crippen molar-refractivity contribution in [1.29, 1.82) is 5.41 Å². The zero-order valence-electron chi connectivity index (χ0n) is 17.2. The van der Waals surface area contributed by atoms with Gasteiger partial charge in [-0.05, 0) is 44.1 Å². The van der Waals surface area contributed by atoms with Crippen molar-refractivity contribution in [3.63, 3.8) is 0 Å². The number of nitrogens with two attached hydrogens (primary N) is 1. The molecule has 7 heteroatoms. The van der Waals surface area contributed by atoms with Gasteiger partial charge in [0.15, 0.2) is 5.43 Å². The van der Waals surface area contributed by atoms with Gasteiger partial charge in [0, 0.05) is 29.6 Å². The van der Waals surface area contributed by atoms with Crippen molar-refractivity contribution in [2.45, 2.75) is 19.3 Å². The lowest BCUT2D eigenvalue weighted by molar-refractivity contribution is 0.520. The summed E-state index contributed by atoms with van der Waals surface area (Å²) in [6.07, 6.45) is 16.6. The molecule has 1 aliphatic rings. The van der Waals surface area contributed by atoms with E-state index >= 15 is 0 Å². The molecule has 0 saturated carbocycles. The molecule has 1 aliphatic heterocycles. The van der Waals surface area contributed by atoms with Gasteiger partial charge in [0.1, 0.15) is 5.82 Å². The van der Waals surface area contributed by atoms with Crippen LogP contribution in [0.25, 0.3) is 11.3 Å². The van der Waals surface area contributed by atoms with Gasteiger partial charge in [-0.25, -0.2) is 4.39 Å². The molecule has 0 bridgehead atoms. The van der Waals surface area contributed by atoms with E-state index in [4.69, 9.17) is 11.1 Å². The van der Waals surface area contributed by atoms with Crippen LogP contribution in [-0.4, -0.2) is 28.8 Å². The van der Waals surface area contributed by atoms with Gasteiger partial charge in [-0.15, -0.1) is 12.8 Å². The number of piperidine rings is 1. The molecule has 6 nitrogen and oxygen atoms in total. The van der Waals surface area contributed by atoms with Crippen LogP contribution in [0.5, 0.6) is 0 Å². The number of terminal acetylenes is 1. The molecular formula is C24H26FN5O. The predicted octanol–water partition coefficient (Wildman–Crippen LogP) is 3.58. The molecule has 3 aromatic rings. The maximum absolute atomic E-state index is 13.9. The molecule has 1 aromatic carbocycles. The van der Waals surface area contributed by atoms with E-state index in [0.717, 1.165) is 0 Å². The monoisotopic (exact) mass is 419 g/mol. The Morgan fingerprint density at radius 1 is 1.10 bits per heavy atom. The standard InChI is InChI=1S/C17H13FN4O.C5H11N.C2H2/c18-13-4-2-1-3-10(13)17(20)11-7-15(22-9-14(11)19)12-8-21-6-5-16(12)23;1-2-4-6-5-3-1;1-2/h1-9,20H,19H2,(H,21,23);6H,1-5H2;1-2H. The summed E-state index contributed by atoms with van der Waals surface area (Å²) in [6, 6.07) is 8.89. The van der Waals surface area contributed by atoms with Crippen molar-refractivity contribution in [1.82, 2.24) is 15.3 Å². The van der Waals surface area contributed by atoms with E-state index in [2.05, 4.69) is 28.1 Å². The fourth-order valence-corrected chi connectivity index (χ4v) is 3.06. The maximum Gasteiger partial charge on any atom is 0.190 e. The highest BCUT2D eigenvalue weighted by Crippen LogP contribution is 2.22. The fourth-order valence-electron chi connectivity index (χ4n) is 3.06. The van der Waals surface area contributed by atoms with Crippen molar-refractivity contribution in [2.75, 3.05) is 18.8 Å². The van der Waals surface area contributed by atoms with E-state index in [1.165, 1.54) is 75.2 Å². The number of nitrogen functional groups attached to an aromatic ring is 1. The summed E-state index contributed by atoms with van der Waals surface area (Å²) in [7, 11) is 0. The molecule has 1 saturated heterocycles. The summed E-state index contributed by atoms with van der Waals surface area (Å²) in [5.74, 6) is -0.507. The average molecular weight is 420 g/mol. The van der Waals surface area contributed by atoms with E-state index in [0.29, 0.717) is 16.8 Å². The number of nitrogens with one attached hydrogen (secondary N) is 3. The highest BCUT2D eigenvalue weighted by molar-refractivity contribution is 6.14. The second-order valence-corrected chi connectivity index (χ2v) is 6.74. The third-order valence-electron chi connectivity index (χ3n) is 4.65. The number of aromatic nitrogens is 2. The van der Waals surface area contributed by atoms with Crippen LogP contribution in [0.4, 0.5) is 10.1 Å². The first kappa shape index (κ1) is 23.5. The molecule has 2 aromatic heterocycles. The Kier molecular flexibility index (Phi) is 9.14. The number of benzene rings is 1. The smallest absolute Gasteiger partial charge is 0.190 e. The number of hydrogen-bond donors (Lipinski definition) is 4. The first-order valence-corrected chi connectivity index (χ1v) is 9.89. The third-order valence-corrected chi connectivity index (χ3v) is 4.65. The summed E-state index contributed by atoms with van der Waals surface area (Å²) in [5.41, 5.74) is 7.05. The number of nitrogens with zero attached hydrogens (tertiary/aromatic N) is 1. The molecule has 0 amide bonds. The fraction of sp³-hybridized carbons (Fsp3) is 0.208. The molecule has 0 radical (unpaired) electrons. The van der Waals surface area contributed by atoms with Crippen LogP contribution in [0, 0.1) is 24.1 Å². The van der Waals surface area contributed by atoms with Crippen LogP contribution in [-0.2, 0) is 0 Å². The minimum Gasteiger partial charge on any atom is -0.397 e. The molecule has 0 aliphatic carbocycles. The van der Waals surface area contributed by atoms with Gasteiger partial charge in [-0.2, -0.15) is 0 Å². The number of hydrogen-bond acceptors (Lipinski definition) is 5. The lowest BCUT2D eigenvalue weighted by Gasteiger charge is -2.10. The molecule has 0 spiro atoms. The van der Waals surface area contributed by atoms with Crippen LogP contribution in [0.15, 0.2) is 59.8 Å². The topological polar surface area (TPSA) is 108 Å². The first-order valence-electron chi connectivity index (χ1n) is 9.89. The van der Waals surface area contributed by atoms with E-state index in [1.54, 1.807) is 12.1 Å². The van der Waals surface area contributed by atoms with Crippen molar-refractivity contribution in [2.24, 2.45) is 0 Å². The lowest BCUT2D eigenvalue weighted by Crippen LogP contribution is -2.21. The minimum absolute atomic E-state index is 0.0587. The Bertz CT molecular complexity index is 1070. The first-order chi connectivity index (χ1) is 15.1. The molecule has 0 unspecified atom stereocenters. The van der Waals surface area contributed by atoms with Crippen molar-refractivity contribution in [3.8, 4) is 24.1 Å². The minimum atomic E-state index is -0.507. The third kappa shape index (κ3) is 6.36. The summed E-state index contributed by atoms with van der Waals surface area (Å²) < 4.78 is 13.9. The normalized spacial score (nSPS) is 12.5. The van der Waals surface area contributed by atoms with Crippen LogP contribution in [0.2, 0.25) is 0 Å². The van der Waals surface area contributed by atoms with Crippen molar-refractivity contribution < 1.29 is 4.39 Å². The van der Waals surface area contributed by atoms with Gasteiger partial charge >= 0.3 is 0 Å². The number of H-pyrrole nitrogens is 1. The average Bonchev–Trinajstić information content (AvgIpc) is 2.83. The Hall–Kier alpha value is -3.76. The van der Waals surface area contributed by atoms with E-state index in [1.807, 2.05) is 0 Å². The number of pyridine rings is 2. The number of halogens is 1. The zero-order valence-corrected chi connectivity index (χ0v) is 17.2. The summed E-state index contributed by atoms with van der Waals surface area (Å²) in [4.78, 5) is 18.9. The van der Waals surface area contributed by atoms with Crippen LogP contribution in [0.1, 0.15) is 30.4 Å². The highest BCUT2D eigenvalue weighted by atomic mass is 19.1. The molecule has 31 heavy (non-hydrogen) atoms. The number of aromatic amines is 1. The van der Waals surface area contributed by atoms with Crippen LogP contribution < -0.4 is 16.5 Å². The number of anilines is 1. The van der Waals surface area contributed by atoms with Gasteiger partial charge in [0.25, 0.3) is 0 Å². The van der Waals surface area contributed by atoms with Gasteiger partial charge in [-0.3, -0.25) is 15.2 Å². The second kappa shape index (κ2) is 12.1. The zero-order chi connectivity index (χ0) is 22.6. The van der Waals surface area contributed by atoms with E-state index < -0.39 is 5.82 Å². The Labute approximate surface area is 181 Å². The van der Waals surface area contributed by atoms with Crippen molar-refractivity contribution >= 4 is 11.4 Å². The van der Waals surface area contributed by atoms with Gasteiger partial charge in [-0.1, -0.05) is 18.6 Å². The van der Waals surface area contributed by atoms with Gasteiger partial charge < -0.3 is 16.0 Å². The predicted molar refractivity (Wildman–Crippen MR) is 124 cm³/mol. The van der Waals surface area contributed by atoms with E-state index in [9.17, 15) is 9.18 Å². The Morgan fingerprint density at radius 3 is 2.39 bits per heavy atom. The summed E-state index contributed by atoms with van der Waals surface area (Å²) in [5, 5.41) is 11.5. The second-order valence-electron chi connectivity index (χ2n) is 6.74. The van der Waals surface area contributed by atoms with Crippen molar-refractivity contribution in [3.05, 3.63) is 82.2 Å². The highest BCUT2D eigenvalue weighted by Gasteiger charge is 2.15. The summed E-state index contributed by atoms with van der Waals surface area (Å²) in [6.45, 7) is 2.50. The molecule has 1 fully saturated rings. The van der Waals surface area contributed by atoms with E-state index in [-0.39, 0.29) is 22.4 Å². The van der Waals surface area contributed by atoms with Gasteiger partial charge in [0.2, 0.25) is 0 Å².